The number of hydrogen-bond donors (Lipinski definition) is 0. The van der Waals surface area contributed by atoms with Crippen molar-refractivity contribution in [1.29, 1.82) is 0 Å². The Balaban J connectivity index is 1.36. The van der Waals surface area contributed by atoms with Crippen molar-refractivity contribution in [2.24, 2.45) is 0 Å². The van der Waals surface area contributed by atoms with E-state index in [4.69, 9.17) is 14.4 Å². The molecule has 0 aliphatic carbocycles. The van der Waals surface area contributed by atoms with Crippen LogP contribution in [-0.4, -0.2) is 9.97 Å². The molecule has 0 aliphatic heterocycles. The van der Waals surface area contributed by atoms with Gasteiger partial charge in [0.1, 0.15) is 11.2 Å². The maximum atomic E-state index is 6.83. The molecule has 0 amide bonds. The third kappa shape index (κ3) is 3.87. The SMILES string of the molecule is c1ccc(-c2nc(-c3ccccc3-c3cc4c5ccccc5c5ccccc5c4c4oc5ccccc5c34)nc3ccccc23)cc1. The highest BCUT2D eigenvalue weighted by atomic mass is 16.3. The van der Waals surface area contributed by atoms with Crippen LogP contribution in [0.1, 0.15) is 0 Å². The van der Waals surface area contributed by atoms with Crippen molar-refractivity contribution in [1.82, 2.24) is 9.97 Å². The van der Waals surface area contributed by atoms with E-state index in [1.165, 1.54) is 26.9 Å². The largest absolute Gasteiger partial charge is 0.455 e. The molecule has 0 bridgehead atoms. The smallest absolute Gasteiger partial charge is 0.161 e. The minimum atomic E-state index is 0.697. The van der Waals surface area contributed by atoms with Crippen LogP contribution in [0.3, 0.4) is 0 Å². The van der Waals surface area contributed by atoms with Gasteiger partial charge >= 0.3 is 0 Å². The Hall–Kier alpha value is -6.32. The molecular formula is C44H26N2O. The highest BCUT2D eigenvalue weighted by Crippen LogP contribution is 2.47. The van der Waals surface area contributed by atoms with Crippen LogP contribution < -0.4 is 0 Å². The van der Waals surface area contributed by atoms with E-state index >= 15 is 0 Å². The number of furan rings is 1. The van der Waals surface area contributed by atoms with Gasteiger partial charge in [0.15, 0.2) is 5.82 Å². The Morgan fingerprint density at radius 1 is 0.383 bits per heavy atom. The lowest BCUT2D eigenvalue weighted by atomic mass is 9.88. The van der Waals surface area contributed by atoms with Gasteiger partial charge in [-0.15, -0.1) is 0 Å². The first kappa shape index (κ1) is 26.0. The van der Waals surface area contributed by atoms with Crippen molar-refractivity contribution < 1.29 is 4.42 Å². The first-order valence-electron chi connectivity index (χ1n) is 15.9. The number of fused-ring (bicyclic) bond motifs is 11. The number of benzene rings is 8. The highest BCUT2D eigenvalue weighted by molar-refractivity contribution is 6.34. The number of rotatable bonds is 3. The van der Waals surface area contributed by atoms with Gasteiger partial charge in [0.2, 0.25) is 0 Å². The molecule has 8 aromatic carbocycles. The zero-order chi connectivity index (χ0) is 30.9. The Bertz CT molecular complexity index is 2850. The van der Waals surface area contributed by atoms with Crippen molar-refractivity contribution in [3.8, 4) is 33.8 Å². The quantitative estimate of drug-likeness (QED) is 0.190. The topological polar surface area (TPSA) is 38.9 Å². The first-order chi connectivity index (χ1) is 23.3. The fourth-order valence-corrected chi connectivity index (χ4v) is 7.41. The van der Waals surface area contributed by atoms with Gasteiger partial charge in [-0.05, 0) is 56.3 Å². The molecule has 0 unspecified atom stereocenters. The summed E-state index contributed by atoms with van der Waals surface area (Å²) in [4.78, 5) is 10.4. The Morgan fingerprint density at radius 2 is 0.957 bits per heavy atom. The van der Waals surface area contributed by atoms with E-state index in [2.05, 4.69) is 140 Å². The van der Waals surface area contributed by atoms with Crippen molar-refractivity contribution >= 4 is 65.2 Å². The van der Waals surface area contributed by atoms with Crippen LogP contribution >= 0.6 is 0 Å². The molecule has 0 saturated carbocycles. The van der Waals surface area contributed by atoms with Crippen LogP contribution in [0.2, 0.25) is 0 Å². The van der Waals surface area contributed by atoms with Gasteiger partial charge in [0.25, 0.3) is 0 Å². The summed E-state index contributed by atoms with van der Waals surface area (Å²) in [6.45, 7) is 0. The molecule has 0 radical (unpaired) electrons. The van der Waals surface area contributed by atoms with Crippen LogP contribution in [0.25, 0.3) is 98.9 Å². The molecule has 0 saturated heterocycles. The summed E-state index contributed by atoms with van der Waals surface area (Å²) in [5, 5.41) is 10.4. The Morgan fingerprint density at radius 3 is 1.74 bits per heavy atom. The van der Waals surface area contributed by atoms with Gasteiger partial charge in [-0.2, -0.15) is 0 Å². The molecule has 0 N–H and O–H groups in total. The van der Waals surface area contributed by atoms with Crippen LogP contribution in [0, 0.1) is 0 Å². The summed E-state index contributed by atoms with van der Waals surface area (Å²) in [5.74, 6) is 0.697. The zero-order valence-electron chi connectivity index (χ0n) is 25.3. The summed E-state index contributed by atoms with van der Waals surface area (Å²) in [6, 6.07) is 55.3. The molecule has 0 spiro atoms. The minimum absolute atomic E-state index is 0.697. The van der Waals surface area contributed by atoms with Gasteiger partial charge < -0.3 is 4.42 Å². The van der Waals surface area contributed by atoms with E-state index in [0.29, 0.717) is 5.82 Å². The van der Waals surface area contributed by atoms with E-state index in [1.807, 2.05) is 18.2 Å². The average molecular weight is 599 g/mol. The van der Waals surface area contributed by atoms with E-state index in [1.54, 1.807) is 0 Å². The van der Waals surface area contributed by atoms with E-state index in [0.717, 1.165) is 66.2 Å². The second-order valence-corrected chi connectivity index (χ2v) is 12.1. The normalized spacial score (nSPS) is 11.8. The molecule has 47 heavy (non-hydrogen) atoms. The third-order valence-corrected chi connectivity index (χ3v) is 9.46. The van der Waals surface area contributed by atoms with Crippen LogP contribution in [0.5, 0.6) is 0 Å². The van der Waals surface area contributed by atoms with Crippen molar-refractivity contribution in [3.05, 3.63) is 158 Å². The van der Waals surface area contributed by atoms with Gasteiger partial charge in [0, 0.05) is 32.7 Å². The standard InChI is InChI=1S/C44H26N2O/c1-2-14-27(15-3-1)42-34-22-10-12-24-38(34)45-44(46-42)33-21-9-7-19-31(33)37-26-36-30-18-5-4-16-28(30)29-17-6-8-20-32(29)40(36)43-41(37)35-23-11-13-25-39(35)47-43/h1-26H. The second-order valence-electron chi connectivity index (χ2n) is 12.1. The molecule has 3 nitrogen and oxygen atoms in total. The maximum Gasteiger partial charge on any atom is 0.161 e. The lowest BCUT2D eigenvalue weighted by Crippen LogP contribution is -1.97. The summed E-state index contributed by atoms with van der Waals surface area (Å²) < 4.78 is 6.83. The predicted octanol–water partition coefficient (Wildman–Crippen LogP) is 12.0. The summed E-state index contributed by atoms with van der Waals surface area (Å²) >= 11 is 0. The lowest BCUT2D eigenvalue weighted by Gasteiger charge is -2.16. The second kappa shape index (κ2) is 10.1. The minimum Gasteiger partial charge on any atom is -0.455 e. The van der Waals surface area contributed by atoms with Crippen molar-refractivity contribution in [3.63, 3.8) is 0 Å². The molecule has 0 fully saturated rings. The predicted molar refractivity (Wildman–Crippen MR) is 196 cm³/mol. The fourth-order valence-electron chi connectivity index (χ4n) is 7.41. The summed E-state index contributed by atoms with van der Waals surface area (Å²) in [5.41, 5.74) is 7.84. The van der Waals surface area contributed by atoms with Crippen LogP contribution in [0.15, 0.2) is 162 Å². The molecule has 10 aromatic rings. The van der Waals surface area contributed by atoms with Crippen LogP contribution in [-0.2, 0) is 0 Å². The van der Waals surface area contributed by atoms with E-state index in [-0.39, 0.29) is 0 Å². The molecule has 2 heterocycles. The van der Waals surface area contributed by atoms with Crippen molar-refractivity contribution in [2.45, 2.75) is 0 Å². The lowest BCUT2D eigenvalue weighted by molar-refractivity contribution is 0.673. The van der Waals surface area contributed by atoms with Gasteiger partial charge in [-0.3, -0.25) is 0 Å². The zero-order valence-corrected chi connectivity index (χ0v) is 25.3. The molecule has 2 aromatic heterocycles. The van der Waals surface area contributed by atoms with E-state index in [9.17, 15) is 0 Å². The molecule has 10 rings (SSSR count). The number of para-hydroxylation sites is 2. The Kier molecular flexibility index (Phi) is 5.57. The monoisotopic (exact) mass is 598 g/mol. The van der Waals surface area contributed by atoms with Crippen molar-refractivity contribution in [2.75, 3.05) is 0 Å². The molecule has 0 atom stereocenters. The molecule has 0 aliphatic rings. The number of hydrogen-bond acceptors (Lipinski definition) is 3. The van der Waals surface area contributed by atoms with Crippen LogP contribution in [0.4, 0.5) is 0 Å². The summed E-state index contributed by atoms with van der Waals surface area (Å²) in [6.07, 6.45) is 0. The maximum absolute atomic E-state index is 6.83. The van der Waals surface area contributed by atoms with Gasteiger partial charge in [-0.1, -0.05) is 140 Å². The molecular weight excluding hydrogens is 572 g/mol. The van der Waals surface area contributed by atoms with E-state index < -0.39 is 0 Å². The summed E-state index contributed by atoms with van der Waals surface area (Å²) in [7, 11) is 0. The van der Waals surface area contributed by atoms with Gasteiger partial charge in [-0.25, -0.2) is 9.97 Å². The first-order valence-corrected chi connectivity index (χ1v) is 15.9. The number of aromatic nitrogens is 2. The Labute approximate surface area is 270 Å². The third-order valence-electron chi connectivity index (χ3n) is 9.46. The number of nitrogens with zero attached hydrogens (tertiary/aromatic N) is 2. The fraction of sp³-hybridized carbons (Fsp3) is 0. The highest BCUT2D eigenvalue weighted by Gasteiger charge is 2.22. The average Bonchev–Trinajstić information content (AvgIpc) is 3.54. The van der Waals surface area contributed by atoms with Gasteiger partial charge in [0.05, 0.1) is 11.2 Å². The molecule has 3 heteroatoms. The molecule has 218 valence electrons.